The van der Waals surface area contributed by atoms with Crippen LogP contribution in [0, 0.1) is 5.92 Å². The summed E-state index contributed by atoms with van der Waals surface area (Å²) in [5.74, 6) is 1.51. The number of aromatic nitrogens is 2. The molecule has 0 N–H and O–H groups in total. The van der Waals surface area contributed by atoms with Crippen LogP contribution in [0.2, 0.25) is 0 Å². The van der Waals surface area contributed by atoms with Crippen molar-refractivity contribution in [1.82, 2.24) is 14.9 Å². The van der Waals surface area contributed by atoms with Crippen molar-refractivity contribution in [3.8, 4) is 5.75 Å². The monoisotopic (exact) mass is 331 g/mol. The zero-order valence-corrected chi connectivity index (χ0v) is 14.1. The summed E-state index contributed by atoms with van der Waals surface area (Å²) in [7, 11) is 0. The van der Waals surface area contributed by atoms with Crippen molar-refractivity contribution in [2.24, 2.45) is 5.92 Å². The lowest BCUT2D eigenvalue weighted by Crippen LogP contribution is -2.39. The molecule has 1 saturated heterocycles. The first-order chi connectivity index (χ1) is 11.2. The molecule has 23 heavy (non-hydrogen) atoms. The molecule has 0 saturated carbocycles. The molecule has 6 heteroatoms. The van der Waals surface area contributed by atoms with Gasteiger partial charge in [0.15, 0.2) is 0 Å². The van der Waals surface area contributed by atoms with Gasteiger partial charge in [-0.3, -0.25) is 9.78 Å². The van der Waals surface area contributed by atoms with Crippen molar-refractivity contribution in [3.05, 3.63) is 40.6 Å². The van der Waals surface area contributed by atoms with E-state index in [0.29, 0.717) is 18.9 Å². The number of pyridine rings is 1. The summed E-state index contributed by atoms with van der Waals surface area (Å²) in [5.41, 5.74) is 0.836. The summed E-state index contributed by atoms with van der Waals surface area (Å²) >= 11 is 1.53. The molecule has 1 atom stereocenters. The Bertz CT molecular complexity index is 644. The number of carbonyl (C=O) groups excluding carboxylic acids is 1. The Morgan fingerprint density at radius 1 is 1.52 bits per heavy atom. The van der Waals surface area contributed by atoms with Crippen LogP contribution < -0.4 is 4.74 Å². The highest BCUT2D eigenvalue weighted by Crippen LogP contribution is 2.18. The smallest absolute Gasteiger partial charge is 0.228 e. The van der Waals surface area contributed by atoms with Crippen molar-refractivity contribution in [2.45, 2.75) is 32.8 Å². The Morgan fingerprint density at radius 3 is 3.22 bits per heavy atom. The van der Waals surface area contributed by atoms with Gasteiger partial charge in [-0.05, 0) is 30.9 Å². The van der Waals surface area contributed by atoms with Crippen LogP contribution in [0.1, 0.15) is 30.5 Å². The highest BCUT2D eigenvalue weighted by Gasteiger charge is 2.21. The van der Waals surface area contributed by atoms with E-state index in [1.807, 2.05) is 22.4 Å². The molecular weight excluding hydrogens is 310 g/mol. The molecule has 0 aliphatic carbocycles. The number of piperidine rings is 1. The van der Waals surface area contributed by atoms with E-state index in [1.165, 1.54) is 17.8 Å². The predicted molar refractivity (Wildman–Crippen MR) is 89.4 cm³/mol. The van der Waals surface area contributed by atoms with Crippen LogP contribution in [0.4, 0.5) is 0 Å². The summed E-state index contributed by atoms with van der Waals surface area (Å²) in [5, 5.41) is 2.83. The van der Waals surface area contributed by atoms with E-state index in [9.17, 15) is 4.79 Å². The van der Waals surface area contributed by atoms with Gasteiger partial charge in [-0.15, -0.1) is 11.3 Å². The molecule has 1 aliphatic heterocycles. The number of hydrogen-bond acceptors (Lipinski definition) is 5. The normalized spacial score (nSPS) is 18.0. The SMILES string of the molecule is CC1CCCN(C(=O)Cc2csc(COc3cccnc3)n2)C1. The Hall–Kier alpha value is -1.95. The van der Waals surface area contributed by atoms with Crippen LogP contribution in [0.3, 0.4) is 0 Å². The van der Waals surface area contributed by atoms with Gasteiger partial charge in [0.2, 0.25) is 5.91 Å². The molecule has 0 spiro atoms. The number of carbonyl (C=O) groups is 1. The van der Waals surface area contributed by atoms with Crippen molar-refractivity contribution < 1.29 is 9.53 Å². The lowest BCUT2D eigenvalue weighted by atomic mass is 10.00. The summed E-state index contributed by atoms with van der Waals surface area (Å²) < 4.78 is 5.63. The van der Waals surface area contributed by atoms with E-state index in [-0.39, 0.29) is 5.91 Å². The number of rotatable bonds is 5. The molecule has 1 unspecified atom stereocenters. The Morgan fingerprint density at radius 2 is 2.43 bits per heavy atom. The quantitative estimate of drug-likeness (QED) is 0.845. The van der Waals surface area contributed by atoms with Gasteiger partial charge < -0.3 is 9.64 Å². The zero-order chi connectivity index (χ0) is 16.1. The number of hydrogen-bond donors (Lipinski definition) is 0. The molecule has 3 heterocycles. The second-order valence-electron chi connectivity index (χ2n) is 5.97. The van der Waals surface area contributed by atoms with E-state index in [0.717, 1.165) is 36.0 Å². The Balaban J connectivity index is 1.51. The lowest BCUT2D eigenvalue weighted by Gasteiger charge is -2.30. The average molecular weight is 331 g/mol. The minimum absolute atomic E-state index is 0.182. The number of likely N-dealkylation sites (tertiary alicyclic amines) is 1. The van der Waals surface area contributed by atoms with Gasteiger partial charge in [-0.1, -0.05) is 6.92 Å². The molecule has 3 rings (SSSR count). The van der Waals surface area contributed by atoms with Crippen LogP contribution >= 0.6 is 11.3 Å². The number of nitrogens with zero attached hydrogens (tertiary/aromatic N) is 3. The molecule has 0 radical (unpaired) electrons. The van der Waals surface area contributed by atoms with Crippen LogP contribution in [0.25, 0.3) is 0 Å². The largest absolute Gasteiger partial charge is 0.485 e. The van der Waals surface area contributed by atoms with Crippen molar-refractivity contribution >= 4 is 17.2 Å². The first-order valence-corrected chi connectivity index (χ1v) is 8.82. The van der Waals surface area contributed by atoms with Gasteiger partial charge in [0, 0.05) is 24.7 Å². The maximum atomic E-state index is 12.4. The molecule has 2 aromatic heterocycles. The number of amides is 1. The second kappa shape index (κ2) is 7.55. The van der Waals surface area contributed by atoms with Crippen molar-refractivity contribution in [2.75, 3.05) is 13.1 Å². The van der Waals surface area contributed by atoms with Crippen LogP contribution in [-0.4, -0.2) is 33.9 Å². The molecule has 1 amide bonds. The Kier molecular flexibility index (Phi) is 5.23. The number of thiazole rings is 1. The fraction of sp³-hybridized carbons (Fsp3) is 0.471. The minimum Gasteiger partial charge on any atom is -0.485 e. The van der Waals surface area contributed by atoms with Crippen LogP contribution in [0.15, 0.2) is 29.9 Å². The van der Waals surface area contributed by atoms with Gasteiger partial charge in [0.25, 0.3) is 0 Å². The van der Waals surface area contributed by atoms with Gasteiger partial charge in [-0.2, -0.15) is 0 Å². The molecule has 2 aromatic rings. The highest BCUT2D eigenvalue weighted by atomic mass is 32.1. The van der Waals surface area contributed by atoms with E-state index in [1.54, 1.807) is 12.4 Å². The summed E-state index contributed by atoms with van der Waals surface area (Å²) in [6, 6.07) is 3.70. The minimum atomic E-state index is 0.182. The summed E-state index contributed by atoms with van der Waals surface area (Å²) in [6.45, 7) is 4.37. The van der Waals surface area contributed by atoms with Crippen molar-refractivity contribution in [1.29, 1.82) is 0 Å². The van der Waals surface area contributed by atoms with Crippen LogP contribution in [0.5, 0.6) is 5.75 Å². The molecule has 1 aliphatic rings. The lowest BCUT2D eigenvalue weighted by molar-refractivity contribution is -0.132. The topological polar surface area (TPSA) is 55.3 Å². The average Bonchev–Trinajstić information content (AvgIpc) is 3.01. The van der Waals surface area contributed by atoms with E-state index < -0.39 is 0 Å². The third-order valence-corrected chi connectivity index (χ3v) is 4.81. The molecular formula is C17H21N3O2S. The third kappa shape index (κ3) is 4.51. The molecule has 0 aromatic carbocycles. The van der Waals surface area contributed by atoms with Gasteiger partial charge in [-0.25, -0.2) is 4.98 Å². The molecule has 5 nitrogen and oxygen atoms in total. The van der Waals surface area contributed by atoms with Gasteiger partial charge in [0.1, 0.15) is 17.4 Å². The van der Waals surface area contributed by atoms with Crippen molar-refractivity contribution in [3.63, 3.8) is 0 Å². The fourth-order valence-corrected chi connectivity index (χ4v) is 3.46. The fourth-order valence-electron chi connectivity index (χ4n) is 2.76. The first kappa shape index (κ1) is 15.9. The molecule has 1 fully saturated rings. The maximum absolute atomic E-state index is 12.4. The summed E-state index contributed by atoms with van der Waals surface area (Å²) in [6.07, 6.45) is 6.09. The second-order valence-corrected chi connectivity index (χ2v) is 6.92. The highest BCUT2D eigenvalue weighted by molar-refractivity contribution is 7.09. The standard InChI is InChI=1S/C17H21N3O2S/c1-13-4-3-7-20(10-13)17(21)8-14-12-23-16(19-14)11-22-15-5-2-6-18-9-15/h2,5-6,9,12-13H,3-4,7-8,10-11H2,1H3. The molecule has 0 bridgehead atoms. The van der Waals surface area contributed by atoms with E-state index in [4.69, 9.17) is 4.74 Å². The number of ether oxygens (including phenoxy) is 1. The Labute approximate surface area is 140 Å². The molecule has 122 valence electrons. The van der Waals surface area contributed by atoms with E-state index in [2.05, 4.69) is 16.9 Å². The van der Waals surface area contributed by atoms with Crippen LogP contribution in [-0.2, 0) is 17.8 Å². The predicted octanol–water partition coefficient (Wildman–Crippen LogP) is 2.92. The van der Waals surface area contributed by atoms with Gasteiger partial charge >= 0.3 is 0 Å². The van der Waals surface area contributed by atoms with E-state index >= 15 is 0 Å². The maximum Gasteiger partial charge on any atom is 0.228 e. The summed E-state index contributed by atoms with van der Waals surface area (Å²) in [4.78, 5) is 22.8. The third-order valence-electron chi connectivity index (χ3n) is 3.94. The zero-order valence-electron chi connectivity index (χ0n) is 13.3. The first-order valence-electron chi connectivity index (χ1n) is 7.94. The van der Waals surface area contributed by atoms with Gasteiger partial charge in [0.05, 0.1) is 18.3 Å².